The molecule has 0 aliphatic carbocycles. The smallest absolute Gasteiger partial charge is 0.200 e. The highest BCUT2D eigenvalue weighted by Crippen LogP contribution is 2.11. The highest BCUT2D eigenvalue weighted by Gasteiger charge is 2.08. The van der Waals surface area contributed by atoms with Gasteiger partial charge in [-0.05, 0) is 12.5 Å². The minimum absolute atomic E-state index is 0.00639. The van der Waals surface area contributed by atoms with Crippen LogP contribution in [0.25, 0.3) is 0 Å². The molecule has 1 heterocycles. The standard InChI is InChI=1S/C6H9IO2/c7-5-9-6-3-1-2-4-8-6/h2,4,6H,1,3,5H2. The van der Waals surface area contributed by atoms with Gasteiger partial charge in [0.25, 0.3) is 0 Å². The SMILES string of the molecule is ICOC1CCC=CO1. The van der Waals surface area contributed by atoms with Gasteiger partial charge in [-0.25, -0.2) is 0 Å². The zero-order valence-corrected chi connectivity index (χ0v) is 7.21. The van der Waals surface area contributed by atoms with Crippen molar-refractivity contribution in [3.8, 4) is 0 Å². The number of hydrogen-bond acceptors (Lipinski definition) is 2. The molecule has 0 bridgehead atoms. The van der Waals surface area contributed by atoms with E-state index in [0.717, 1.165) is 12.8 Å². The molecule has 1 unspecified atom stereocenters. The summed E-state index contributed by atoms with van der Waals surface area (Å²) in [7, 11) is 0. The summed E-state index contributed by atoms with van der Waals surface area (Å²) in [4.78, 5) is 0. The summed E-state index contributed by atoms with van der Waals surface area (Å²) in [6, 6.07) is 0. The fourth-order valence-electron chi connectivity index (χ4n) is 0.704. The fraction of sp³-hybridized carbons (Fsp3) is 0.667. The second-order valence-corrected chi connectivity index (χ2v) is 2.41. The molecule has 0 aromatic heterocycles. The average Bonchev–Trinajstić information content (AvgIpc) is 1.91. The van der Waals surface area contributed by atoms with Crippen LogP contribution in [0.3, 0.4) is 0 Å². The first-order chi connectivity index (χ1) is 4.43. The zero-order chi connectivity index (χ0) is 6.53. The quantitative estimate of drug-likeness (QED) is 0.543. The van der Waals surface area contributed by atoms with Crippen LogP contribution in [0, 0.1) is 0 Å². The van der Waals surface area contributed by atoms with E-state index in [1.54, 1.807) is 6.26 Å². The van der Waals surface area contributed by atoms with Crippen LogP contribution in [0.2, 0.25) is 0 Å². The largest absolute Gasteiger partial charge is 0.473 e. The van der Waals surface area contributed by atoms with Crippen LogP contribution in [0.5, 0.6) is 0 Å². The lowest BCUT2D eigenvalue weighted by Crippen LogP contribution is -2.15. The number of hydrogen-bond donors (Lipinski definition) is 0. The van der Waals surface area contributed by atoms with Crippen molar-refractivity contribution >= 4 is 22.6 Å². The third-order valence-electron chi connectivity index (χ3n) is 1.14. The summed E-state index contributed by atoms with van der Waals surface area (Å²) in [5.74, 6) is 0. The number of rotatable bonds is 2. The van der Waals surface area contributed by atoms with Crippen LogP contribution >= 0.6 is 22.6 Å². The van der Waals surface area contributed by atoms with E-state index in [1.807, 2.05) is 6.08 Å². The molecule has 0 aromatic carbocycles. The summed E-state index contributed by atoms with van der Waals surface area (Å²) >= 11 is 2.16. The molecule has 2 nitrogen and oxygen atoms in total. The first-order valence-corrected chi connectivity index (χ1v) is 4.44. The van der Waals surface area contributed by atoms with Gasteiger partial charge in [0.15, 0.2) is 6.29 Å². The van der Waals surface area contributed by atoms with Crippen molar-refractivity contribution in [3.05, 3.63) is 12.3 Å². The summed E-state index contributed by atoms with van der Waals surface area (Å²) in [6.07, 6.45) is 5.78. The number of allylic oxidation sites excluding steroid dienone is 1. The lowest BCUT2D eigenvalue weighted by molar-refractivity contribution is -0.0950. The Morgan fingerprint density at radius 1 is 1.78 bits per heavy atom. The summed E-state index contributed by atoms with van der Waals surface area (Å²) < 4.78 is 11.0. The zero-order valence-electron chi connectivity index (χ0n) is 5.05. The normalized spacial score (nSPS) is 25.7. The van der Waals surface area contributed by atoms with Gasteiger partial charge in [0.05, 0.1) is 6.26 Å². The molecule has 1 aliphatic rings. The molecule has 0 spiro atoms. The van der Waals surface area contributed by atoms with Crippen molar-refractivity contribution in [2.45, 2.75) is 19.1 Å². The Labute approximate surface area is 68.4 Å². The summed E-state index contributed by atoms with van der Waals surface area (Å²) in [5, 5.41) is 0. The molecule has 0 saturated carbocycles. The van der Waals surface area contributed by atoms with Crippen LogP contribution in [0.1, 0.15) is 12.8 Å². The van der Waals surface area contributed by atoms with Gasteiger partial charge in [-0.2, -0.15) is 0 Å². The predicted octanol–water partition coefficient (Wildman–Crippen LogP) is 2.05. The molecular formula is C6H9IO2. The van der Waals surface area contributed by atoms with Crippen LogP contribution in [-0.2, 0) is 9.47 Å². The summed E-state index contributed by atoms with van der Waals surface area (Å²) in [5.41, 5.74) is 0. The van der Waals surface area contributed by atoms with Crippen LogP contribution < -0.4 is 0 Å². The molecule has 0 amide bonds. The third-order valence-corrected chi connectivity index (χ3v) is 1.50. The lowest BCUT2D eigenvalue weighted by Gasteiger charge is -2.17. The maximum absolute atomic E-state index is 5.20. The van der Waals surface area contributed by atoms with Crippen molar-refractivity contribution < 1.29 is 9.47 Å². The molecule has 0 radical (unpaired) electrons. The molecule has 0 N–H and O–H groups in total. The Morgan fingerprint density at radius 2 is 2.67 bits per heavy atom. The minimum Gasteiger partial charge on any atom is -0.473 e. The Kier molecular flexibility index (Phi) is 3.35. The highest BCUT2D eigenvalue weighted by molar-refractivity contribution is 14.1. The predicted molar refractivity (Wildman–Crippen MR) is 43.2 cm³/mol. The maximum Gasteiger partial charge on any atom is 0.200 e. The molecule has 52 valence electrons. The van der Waals surface area contributed by atoms with Crippen LogP contribution in [0.15, 0.2) is 12.3 Å². The fourth-order valence-corrected chi connectivity index (χ4v) is 1.11. The van der Waals surface area contributed by atoms with Crippen molar-refractivity contribution in [3.63, 3.8) is 0 Å². The molecule has 1 rings (SSSR count). The molecule has 1 atom stereocenters. The molecule has 9 heavy (non-hydrogen) atoms. The first kappa shape index (κ1) is 7.34. The third kappa shape index (κ3) is 2.53. The van der Waals surface area contributed by atoms with Crippen molar-refractivity contribution in [2.24, 2.45) is 0 Å². The highest BCUT2D eigenvalue weighted by atomic mass is 127. The molecule has 0 fully saturated rings. The Morgan fingerprint density at radius 3 is 3.22 bits per heavy atom. The molecule has 0 aromatic rings. The second-order valence-electron chi connectivity index (χ2n) is 1.79. The van der Waals surface area contributed by atoms with Gasteiger partial charge in [0, 0.05) is 6.42 Å². The van der Waals surface area contributed by atoms with Gasteiger partial charge in [0.2, 0.25) is 0 Å². The van der Waals surface area contributed by atoms with Gasteiger partial charge < -0.3 is 9.47 Å². The van der Waals surface area contributed by atoms with Crippen LogP contribution in [0.4, 0.5) is 0 Å². The van der Waals surface area contributed by atoms with E-state index in [-0.39, 0.29) is 6.29 Å². The monoisotopic (exact) mass is 240 g/mol. The van der Waals surface area contributed by atoms with E-state index < -0.39 is 0 Å². The van der Waals surface area contributed by atoms with Gasteiger partial charge in [-0.3, -0.25) is 0 Å². The first-order valence-electron chi connectivity index (χ1n) is 2.91. The summed E-state index contributed by atoms with van der Waals surface area (Å²) in [6.45, 7) is 0. The number of ether oxygens (including phenoxy) is 2. The van der Waals surface area contributed by atoms with Gasteiger partial charge >= 0.3 is 0 Å². The Hall–Kier alpha value is 0.230. The van der Waals surface area contributed by atoms with E-state index >= 15 is 0 Å². The molecule has 3 heteroatoms. The molecule has 1 aliphatic heterocycles. The van der Waals surface area contributed by atoms with E-state index in [2.05, 4.69) is 22.6 Å². The van der Waals surface area contributed by atoms with Crippen molar-refractivity contribution in [1.29, 1.82) is 0 Å². The van der Waals surface area contributed by atoms with Crippen molar-refractivity contribution in [1.82, 2.24) is 0 Å². The Bertz CT molecular complexity index is 103. The van der Waals surface area contributed by atoms with Gasteiger partial charge in [-0.15, -0.1) is 0 Å². The number of alkyl halides is 1. The second kappa shape index (κ2) is 4.11. The van der Waals surface area contributed by atoms with E-state index in [1.165, 1.54) is 0 Å². The Balaban J connectivity index is 2.18. The lowest BCUT2D eigenvalue weighted by atomic mass is 10.3. The maximum atomic E-state index is 5.20. The van der Waals surface area contributed by atoms with Gasteiger partial charge in [-0.1, -0.05) is 22.6 Å². The van der Waals surface area contributed by atoms with E-state index in [4.69, 9.17) is 9.47 Å². The number of halogens is 1. The van der Waals surface area contributed by atoms with Crippen molar-refractivity contribution in [2.75, 3.05) is 4.61 Å². The molecule has 0 saturated heterocycles. The van der Waals surface area contributed by atoms with E-state index in [9.17, 15) is 0 Å². The van der Waals surface area contributed by atoms with Crippen LogP contribution in [-0.4, -0.2) is 10.9 Å². The van der Waals surface area contributed by atoms with E-state index in [0.29, 0.717) is 4.61 Å². The topological polar surface area (TPSA) is 18.5 Å². The van der Waals surface area contributed by atoms with Gasteiger partial charge in [0.1, 0.15) is 4.61 Å². The molecular weight excluding hydrogens is 231 g/mol. The minimum atomic E-state index is 0.00639. The average molecular weight is 240 g/mol.